The zero-order chi connectivity index (χ0) is 32.3. The first kappa shape index (κ1) is 27.5. The van der Waals surface area contributed by atoms with Gasteiger partial charge in [-0.25, -0.2) is 15.0 Å². The van der Waals surface area contributed by atoms with Crippen LogP contribution in [0.25, 0.3) is 99.5 Å². The SMILES string of the molecule is c1ccc(-c2cccc3c2oc2cc(-c4nc(-c5ccc6ccccc6c5)nc(-c5cccc6ccccc56)n4)c4ccccc4c23)cc1. The molecule has 10 aromatic rings. The number of hydrogen-bond acceptors (Lipinski definition) is 4. The summed E-state index contributed by atoms with van der Waals surface area (Å²) in [5.74, 6) is 1.85. The van der Waals surface area contributed by atoms with Crippen molar-refractivity contribution < 1.29 is 4.42 Å². The maximum Gasteiger partial charge on any atom is 0.164 e. The molecule has 0 aliphatic rings. The van der Waals surface area contributed by atoms with Crippen LogP contribution in [0.4, 0.5) is 0 Å². The molecule has 0 unspecified atom stereocenters. The Balaban J connectivity index is 1.27. The normalized spacial score (nSPS) is 11.7. The lowest BCUT2D eigenvalue weighted by Gasteiger charge is -2.12. The molecule has 0 aliphatic heterocycles. The van der Waals surface area contributed by atoms with Crippen molar-refractivity contribution in [3.8, 4) is 45.3 Å². The second kappa shape index (κ2) is 11.0. The predicted octanol–water partition coefficient (Wildman–Crippen LogP) is 11.9. The molecule has 0 bridgehead atoms. The second-order valence-electron chi connectivity index (χ2n) is 12.4. The van der Waals surface area contributed by atoms with E-state index < -0.39 is 0 Å². The lowest BCUT2D eigenvalue weighted by molar-refractivity contribution is 0.670. The Hall–Kier alpha value is -6.65. The molecule has 4 nitrogen and oxygen atoms in total. The van der Waals surface area contributed by atoms with Gasteiger partial charge in [0.2, 0.25) is 0 Å². The van der Waals surface area contributed by atoms with E-state index in [9.17, 15) is 0 Å². The molecule has 8 aromatic carbocycles. The summed E-state index contributed by atoms with van der Waals surface area (Å²) in [4.78, 5) is 15.6. The minimum Gasteiger partial charge on any atom is -0.455 e. The molecule has 228 valence electrons. The monoisotopic (exact) mass is 625 g/mol. The van der Waals surface area contributed by atoms with Gasteiger partial charge >= 0.3 is 0 Å². The van der Waals surface area contributed by atoms with Gasteiger partial charge in [0, 0.05) is 33.0 Å². The molecule has 0 saturated heterocycles. The van der Waals surface area contributed by atoms with Gasteiger partial charge in [-0.15, -0.1) is 0 Å². The summed E-state index contributed by atoms with van der Waals surface area (Å²) in [5.41, 5.74) is 6.65. The van der Waals surface area contributed by atoms with Gasteiger partial charge in [0.15, 0.2) is 17.5 Å². The zero-order valence-electron chi connectivity index (χ0n) is 26.3. The fourth-order valence-corrected chi connectivity index (χ4v) is 7.19. The Kier molecular flexibility index (Phi) is 6.15. The van der Waals surface area contributed by atoms with E-state index in [1.54, 1.807) is 0 Å². The number of hydrogen-bond donors (Lipinski definition) is 0. The number of furan rings is 1. The molecule has 10 rings (SSSR count). The minimum atomic E-state index is 0.600. The molecule has 4 heteroatoms. The molecule has 0 saturated carbocycles. The fourth-order valence-electron chi connectivity index (χ4n) is 7.19. The molecule has 0 aliphatic carbocycles. The van der Waals surface area contributed by atoms with Crippen molar-refractivity contribution in [2.24, 2.45) is 0 Å². The molecule has 49 heavy (non-hydrogen) atoms. The fraction of sp³-hybridized carbons (Fsp3) is 0. The third kappa shape index (κ3) is 4.49. The third-order valence-corrected chi connectivity index (χ3v) is 9.50. The number of benzene rings is 8. The Labute approximate surface area is 282 Å². The van der Waals surface area contributed by atoms with Crippen LogP contribution in [0.5, 0.6) is 0 Å². The molecule has 0 fully saturated rings. The molecule has 0 atom stereocenters. The summed E-state index contributed by atoms with van der Waals surface area (Å²) in [6.45, 7) is 0. The van der Waals surface area contributed by atoms with Crippen molar-refractivity contribution in [2.75, 3.05) is 0 Å². The van der Waals surface area contributed by atoms with Crippen LogP contribution in [0.15, 0.2) is 168 Å². The maximum atomic E-state index is 6.77. The average Bonchev–Trinajstić information content (AvgIpc) is 3.56. The predicted molar refractivity (Wildman–Crippen MR) is 201 cm³/mol. The van der Waals surface area contributed by atoms with Gasteiger partial charge < -0.3 is 4.42 Å². The molecule has 0 N–H and O–H groups in total. The van der Waals surface area contributed by atoms with Crippen LogP contribution in [0, 0.1) is 0 Å². The Morgan fingerprint density at radius 2 is 0.959 bits per heavy atom. The summed E-state index contributed by atoms with van der Waals surface area (Å²) < 4.78 is 6.77. The van der Waals surface area contributed by atoms with Gasteiger partial charge in [0.05, 0.1) is 0 Å². The van der Waals surface area contributed by atoms with Crippen molar-refractivity contribution in [3.63, 3.8) is 0 Å². The van der Waals surface area contributed by atoms with Crippen LogP contribution >= 0.6 is 0 Å². The Bertz CT molecular complexity index is 2890. The van der Waals surface area contributed by atoms with E-state index in [4.69, 9.17) is 19.4 Å². The quantitative estimate of drug-likeness (QED) is 0.195. The van der Waals surface area contributed by atoms with Crippen molar-refractivity contribution in [1.29, 1.82) is 0 Å². The van der Waals surface area contributed by atoms with Gasteiger partial charge in [0.1, 0.15) is 11.2 Å². The summed E-state index contributed by atoms with van der Waals surface area (Å²) in [7, 11) is 0. The van der Waals surface area contributed by atoms with E-state index in [2.05, 4.69) is 158 Å². The van der Waals surface area contributed by atoms with E-state index >= 15 is 0 Å². The molecule has 0 spiro atoms. The molecule has 2 aromatic heterocycles. The highest BCUT2D eigenvalue weighted by atomic mass is 16.3. The van der Waals surface area contributed by atoms with Crippen molar-refractivity contribution >= 4 is 54.3 Å². The van der Waals surface area contributed by atoms with Crippen molar-refractivity contribution in [3.05, 3.63) is 164 Å². The minimum absolute atomic E-state index is 0.600. The first-order chi connectivity index (χ1) is 24.3. The van der Waals surface area contributed by atoms with Crippen LogP contribution in [0.2, 0.25) is 0 Å². The first-order valence-corrected chi connectivity index (χ1v) is 16.4. The largest absolute Gasteiger partial charge is 0.455 e. The molecule has 0 radical (unpaired) electrons. The van der Waals surface area contributed by atoms with Gasteiger partial charge in [0.25, 0.3) is 0 Å². The van der Waals surface area contributed by atoms with Gasteiger partial charge in [-0.3, -0.25) is 0 Å². The lowest BCUT2D eigenvalue weighted by atomic mass is 9.97. The third-order valence-electron chi connectivity index (χ3n) is 9.50. The van der Waals surface area contributed by atoms with Crippen molar-refractivity contribution in [1.82, 2.24) is 15.0 Å². The number of nitrogens with zero attached hydrogens (tertiary/aromatic N) is 3. The van der Waals surface area contributed by atoms with E-state index in [-0.39, 0.29) is 0 Å². The second-order valence-corrected chi connectivity index (χ2v) is 12.4. The summed E-state index contributed by atoms with van der Waals surface area (Å²) in [5, 5.41) is 8.87. The topological polar surface area (TPSA) is 51.8 Å². The lowest BCUT2D eigenvalue weighted by Crippen LogP contribution is -2.01. The first-order valence-electron chi connectivity index (χ1n) is 16.4. The molecular formula is C45H27N3O. The highest BCUT2D eigenvalue weighted by Crippen LogP contribution is 2.42. The molecular weight excluding hydrogens is 599 g/mol. The number of rotatable bonds is 4. The van der Waals surface area contributed by atoms with Crippen LogP contribution < -0.4 is 0 Å². The van der Waals surface area contributed by atoms with Crippen LogP contribution in [-0.2, 0) is 0 Å². The van der Waals surface area contributed by atoms with E-state index in [1.165, 1.54) is 5.39 Å². The van der Waals surface area contributed by atoms with E-state index in [0.29, 0.717) is 17.5 Å². The summed E-state index contributed by atoms with van der Waals surface area (Å²) in [6, 6.07) is 56.8. The van der Waals surface area contributed by atoms with Gasteiger partial charge in [-0.05, 0) is 50.0 Å². The van der Waals surface area contributed by atoms with E-state index in [0.717, 1.165) is 76.7 Å². The van der Waals surface area contributed by atoms with E-state index in [1.807, 2.05) is 6.07 Å². The van der Waals surface area contributed by atoms with Gasteiger partial charge in [-0.1, -0.05) is 152 Å². The van der Waals surface area contributed by atoms with Crippen LogP contribution in [0.1, 0.15) is 0 Å². The highest BCUT2D eigenvalue weighted by molar-refractivity contribution is 6.23. The maximum absolute atomic E-state index is 6.77. The standard InChI is InChI=1S/C45H27N3O/c1-2-13-30(14-3-1)34-21-11-23-38-41-36-20-9-8-19-35(36)39(27-40(41)49-42(34)38)45-47-43(32-25-24-28-12-4-5-16-31(28)26-32)46-44(48-45)37-22-10-17-29-15-6-7-18-33(29)37/h1-27H. The Morgan fingerprint density at radius 3 is 1.82 bits per heavy atom. The smallest absolute Gasteiger partial charge is 0.164 e. The van der Waals surface area contributed by atoms with Gasteiger partial charge in [-0.2, -0.15) is 0 Å². The average molecular weight is 626 g/mol. The summed E-state index contributed by atoms with van der Waals surface area (Å²) in [6.07, 6.45) is 0. The zero-order valence-corrected chi connectivity index (χ0v) is 26.3. The number of aromatic nitrogens is 3. The van der Waals surface area contributed by atoms with Crippen LogP contribution in [-0.4, -0.2) is 15.0 Å². The van der Waals surface area contributed by atoms with Crippen molar-refractivity contribution in [2.45, 2.75) is 0 Å². The highest BCUT2D eigenvalue weighted by Gasteiger charge is 2.20. The number of fused-ring (bicyclic) bond motifs is 7. The van der Waals surface area contributed by atoms with Crippen LogP contribution in [0.3, 0.4) is 0 Å². The molecule has 0 amide bonds. The molecule has 2 heterocycles. The number of para-hydroxylation sites is 1. The summed E-state index contributed by atoms with van der Waals surface area (Å²) >= 11 is 0. The Morgan fingerprint density at radius 1 is 0.347 bits per heavy atom.